The summed E-state index contributed by atoms with van der Waals surface area (Å²) in [7, 11) is 0. The van der Waals surface area contributed by atoms with E-state index < -0.39 is 0 Å². The zero-order valence-corrected chi connectivity index (χ0v) is 18.2. The van der Waals surface area contributed by atoms with Gasteiger partial charge < -0.3 is 15.0 Å². The summed E-state index contributed by atoms with van der Waals surface area (Å²) < 4.78 is 19.7. The van der Waals surface area contributed by atoms with Crippen molar-refractivity contribution in [3.63, 3.8) is 0 Å². The first-order chi connectivity index (χ1) is 12.7. The van der Waals surface area contributed by atoms with Crippen LogP contribution in [0.15, 0.2) is 29.3 Å². The molecule has 0 spiro atoms. The summed E-state index contributed by atoms with van der Waals surface area (Å²) in [5.41, 5.74) is 1.14. The molecule has 1 aromatic rings. The molecule has 4 fully saturated rings. The van der Waals surface area contributed by atoms with E-state index in [1.807, 2.05) is 12.1 Å². The van der Waals surface area contributed by atoms with Gasteiger partial charge in [0.1, 0.15) is 5.82 Å². The maximum atomic E-state index is 13.6. The number of aliphatic imine (C=N–C) groups is 1. The Labute approximate surface area is 178 Å². The first-order valence-electron chi connectivity index (χ1n) is 10.1. The lowest BCUT2D eigenvalue weighted by Gasteiger charge is -2.24. The molecule has 6 heteroatoms. The molecule has 0 amide bonds. The van der Waals surface area contributed by atoms with Crippen LogP contribution in [0.4, 0.5) is 4.39 Å². The maximum absolute atomic E-state index is 13.6. The van der Waals surface area contributed by atoms with E-state index in [0.29, 0.717) is 24.0 Å². The van der Waals surface area contributed by atoms with Gasteiger partial charge in [-0.3, -0.25) is 4.99 Å². The van der Waals surface area contributed by atoms with Gasteiger partial charge >= 0.3 is 0 Å². The number of guanidine groups is 1. The SMILES string of the molecule is CCNC(=NCC1(c2cccc(F)c2)CC1)N1CC2C3CCC(O3)C2C1.I. The number of hydrogen-bond donors (Lipinski definition) is 1. The number of ether oxygens (including phenoxy) is 1. The molecule has 148 valence electrons. The summed E-state index contributed by atoms with van der Waals surface area (Å²) in [5, 5.41) is 3.49. The molecule has 1 aromatic carbocycles. The molecular formula is C21H29FIN3O. The normalized spacial score (nSPS) is 33.0. The minimum atomic E-state index is -0.146. The van der Waals surface area contributed by atoms with Gasteiger partial charge in [-0.15, -0.1) is 24.0 Å². The van der Waals surface area contributed by atoms with Crippen molar-refractivity contribution in [1.29, 1.82) is 0 Å². The van der Waals surface area contributed by atoms with E-state index in [2.05, 4.69) is 17.1 Å². The van der Waals surface area contributed by atoms with Crippen LogP contribution in [0.1, 0.15) is 38.2 Å². The van der Waals surface area contributed by atoms with Crippen LogP contribution in [0, 0.1) is 17.7 Å². The molecular weight excluding hydrogens is 456 g/mol. The van der Waals surface area contributed by atoms with E-state index in [1.54, 1.807) is 6.07 Å². The van der Waals surface area contributed by atoms with E-state index in [0.717, 1.165) is 50.5 Å². The van der Waals surface area contributed by atoms with Gasteiger partial charge in [-0.1, -0.05) is 12.1 Å². The molecule has 3 saturated heterocycles. The van der Waals surface area contributed by atoms with Crippen LogP contribution >= 0.6 is 24.0 Å². The van der Waals surface area contributed by atoms with Gasteiger partial charge in [-0.05, 0) is 50.3 Å². The lowest BCUT2D eigenvalue weighted by molar-refractivity contribution is 0.0767. The number of benzene rings is 1. The quantitative estimate of drug-likeness (QED) is 0.403. The number of likely N-dealkylation sites (tertiary alicyclic amines) is 1. The Morgan fingerprint density at radius 3 is 2.56 bits per heavy atom. The molecule has 1 aliphatic carbocycles. The minimum absolute atomic E-state index is 0. The van der Waals surface area contributed by atoms with Crippen LogP contribution in [-0.4, -0.2) is 49.2 Å². The highest BCUT2D eigenvalue weighted by molar-refractivity contribution is 14.0. The van der Waals surface area contributed by atoms with E-state index in [-0.39, 0.29) is 35.2 Å². The minimum Gasteiger partial charge on any atom is -0.374 e. The Bertz CT molecular complexity index is 705. The molecule has 4 atom stereocenters. The van der Waals surface area contributed by atoms with Crippen molar-refractivity contribution < 1.29 is 9.13 Å². The van der Waals surface area contributed by atoms with Gasteiger partial charge in [0.15, 0.2) is 5.96 Å². The lowest BCUT2D eigenvalue weighted by Crippen LogP contribution is -2.41. The maximum Gasteiger partial charge on any atom is 0.193 e. The summed E-state index contributed by atoms with van der Waals surface area (Å²) in [6.07, 6.45) is 5.61. The lowest BCUT2D eigenvalue weighted by atomic mass is 9.82. The van der Waals surface area contributed by atoms with Crippen LogP contribution in [-0.2, 0) is 10.2 Å². The Morgan fingerprint density at radius 1 is 1.26 bits per heavy atom. The number of rotatable bonds is 4. The van der Waals surface area contributed by atoms with Crippen LogP contribution in [0.3, 0.4) is 0 Å². The van der Waals surface area contributed by atoms with Crippen molar-refractivity contribution in [2.45, 2.75) is 50.2 Å². The summed E-state index contributed by atoms with van der Waals surface area (Å²) in [6, 6.07) is 7.07. The standard InChI is InChI=1S/C21H28FN3O.HI/c1-2-23-20(25-11-16-17(12-25)19-7-6-18(16)26-19)24-13-21(8-9-21)14-4-3-5-15(22)10-14;/h3-5,10,16-19H,2,6-9,11-13H2,1H3,(H,23,24);1H. The highest BCUT2D eigenvalue weighted by atomic mass is 127. The van der Waals surface area contributed by atoms with E-state index in [9.17, 15) is 4.39 Å². The highest BCUT2D eigenvalue weighted by Crippen LogP contribution is 2.49. The van der Waals surface area contributed by atoms with Crippen LogP contribution in [0.25, 0.3) is 0 Å². The zero-order chi connectivity index (χ0) is 17.7. The monoisotopic (exact) mass is 485 g/mol. The molecule has 0 aromatic heterocycles. The predicted octanol–water partition coefficient (Wildman–Crippen LogP) is 3.55. The van der Waals surface area contributed by atoms with Crippen molar-refractivity contribution in [1.82, 2.24) is 10.2 Å². The van der Waals surface area contributed by atoms with Gasteiger partial charge in [-0.25, -0.2) is 4.39 Å². The van der Waals surface area contributed by atoms with Gasteiger partial charge in [0, 0.05) is 36.9 Å². The Balaban J connectivity index is 0.00000180. The second-order valence-electron chi connectivity index (χ2n) is 8.48. The highest BCUT2D eigenvalue weighted by Gasteiger charge is 2.53. The fourth-order valence-corrected chi connectivity index (χ4v) is 5.29. The first kappa shape index (κ1) is 19.4. The fraction of sp³-hybridized carbons (Fsp3) is 0.667. The second kappa shape index (κ2) is 7.50. The molecule has 1 saturated carbocycles. The Kier molecular flexibility index (Phi) is 5.40. The molecule has 4 aliphatic rings. The molecule has 3 aliphatic heterocycles. The third-order valence-electron chi connectivity index (χ3n) is 6.91. The molecule has 27 heavy (non-hydrogen) atoms. The largest absolute Gasteiger partial charge is 0.374 e. The van der Waals surface area contributed by atoms with E-state index in [4.69, 9.17) is 9.73 Å². The van der Waals surface area contributed by atoms with Gasteiger partial charge in [0.25, 0.3) is 0 Å². The van der Waals surface area contributed by atoms with Crippen molar-refractivity contribution in [3.8, 4) is 0 Å². The van der Waals surface area contributed by atoms with E-state index in [1.165, 1.54) is 18.9 Å². The molecule has 1 N–H and O–H groups in total. The van der Waals surface area contributed by atoms with Gasteiger partial charge in [-0.2, -0.15) is 0 Å². The average Bonchev–Trinajstić information content (AvgIpc) is 2.98. The van der Waals surface area contributed by atoms with Crippen LogP contribution < -0.4 is 5.32 Å². The summed E-state index contributed by atoms with van der Waals surface area (Å²) in [6.45, 7) is 5.86. The summed E-state index contributed by atoms with van der Waals surface area (Å²) in [5.74, 6) is 2.24. The molecule has 2 bridgehead atoms. The number of hydrogen-bond acceptors (Lipinski definition) is 2. The van der Waals surface area contributed by atoms with Crippen molar-refractivity contribution >= 4 is 29.9 Å². The average molecular weight is 485 g/mol. The van der Waals surface area contributed by atoms with Crippen molar-refractivity contribution in [2.75, 3.05) is 26.2 Å². The third-order valence-corrected chi connectivity index (χ3v) is 6.91. The van der Waals surface area contributed by atoms with Crippen molar-refractivity contribution in [2.24, 2.45) is 16.8 Å². The van der Waals surface area contributed by atoms with E-state index >= 15 is 0 Å². The predicted molar refractivity (Wildman–Crippen MR) is 115 cm³/mol. The molecule has 0 radical (unpaired) electrons. The second-order valence-corrected chi connectivity index (χ2v) is 8.48. The van der Waals surface area contributed by atoms with Gasteiger partial charge in [0.05, 0.1) is 18.8 Å². The van der Waals surface area contributed by atoms with Crippen LogP contribution in [0.5, 0.6) is 0 Å². The van der Waals surface area contributed by atoms with Gasteiger partial charge in [0.2, 0.25) is 0 Å². The van der Waals surface area contributed by atoms with Crippen LogP contribution in [0.2, 0.25) is 0 Å². The number of nitrogens with one attached hydrogen (secondary N) is 1. The Morgan fingerprint density at radius 2 is 1.96 bits per heavy atom. The molecule has 3 heterocycles. The number of nitrogens with zero attached hydrogens (tertiary/aromatic N) is 2. The third kappa shape index (κ3) is 3.48. The van der Waals surface area contributed by atoms with Crippen molar-refractivity contribution in [3.05, 3.63) is 35.6 Å². The summed E-state index contributed by atoms with van der Waals surface area (Å²) in [4.78, 5) is 7.44. The molecule has 5 rings (SSSR count). The number of halogens is 2. The fourth-order valence-electron chi connectivity index (χ4n) is 5.29. The smallest absolute Gasteiger partial charge is 0.193 e. The molecule has 4 unspecified atom stereocenters. The summed E-state index contributed by atoms with van der Waals surface area (Å²) >= 11 is 0. The zero-order valence-electron chi connectivity index (χ0n) is 15.9. The Hall–Kier alpha value is -0.890. The number of fused-ring (bicyclic) bond motifs is 5. The first-order valence-corrected chi connectivity index (χ1v) is 10.1. The topological polar surface area (TPSA) is 36.9 Å². The molecule has 4 nitrogen and oxygen atoms in total.